The molecule has 0 bridgehead atoms. The Morgan fingerprint density at radius 1 is 1.35 bits per heavy atom. The van der Waals surface area contributed by atoms with Gasteiger partial charge in [0, 0.05) is 6.54 Å². The summed E-state index contributed by atoms with van der Waals surface area (Å²) in [6.45, 7) is 7.25. The van der Waals surface area contributed by atoms with Gasteiger partial charge in [-0.15, -0.1) is 0 Å². The van der Waals surface area contributed by atoms with E-state index >= 15 is 0 Å². The van der Waals surface area contributed by atoms with E-state index in [4.69, 9.17) is 0 Å². The van der Waals surface area contributed by atoms with Crippen LogP contribution in [0.15, 0.2) is 0 Å². The molecule has 2 atom stereocenters. The number of amides is 2. The van der Waals surface area contributed by atoms with E-state index in [0.717, 1.165) is 32.2 Å². The minimum atomic E-state index is -0.640. The molecule has 2 unspecified atom stereocenters. The van der Waals surface area contributed by atoms with Gasteiger partial charge in [0.2, 0.25) is 11.8 Å². The molecule has 2 amide bonds. The molecule has 1 aliphatic heterocycles. The van der Waals surface area contributed by atoms with Crippen molar-refractivity contribution in [3.63, 3.8) is 0 Å². The first-order chi connectivity index (χ1) is 9.51. The molecular formula is C16H28N2O2. The Bertz CT molecular complexity index is 379. The number of rotatable bonds is 7. The molecule has 1 saturated heterocycles. The zero-order chi connectivity index (χ0) is 14.8. The molecule has 4 heteroatoms. The van der Waals surface area contributed by atoms with Crippen molar-refractivity contribution in [2.24, 2.45) is 11.8 Å². The number of nitrogens with zero attached hydrogens (tertiary/aromatic N) is 1. The fraction of sp³-hybridized carbons (Fsp3) is 0.875. The van der Waals surface area contributed by atoms with Gasteiger partial charge in [0.05, 0.1) is 6.54 Å². The Balaban J connectivity index is 2.02. The van der Waals surface area contributed by atoms with E-state index in [0.29, 0.717) is 11.8 Å². The predicted molar refractivity (Wildman–Crippen MR) is 79.2 cm³/mol. The molecule has 1 aliphatic carbocycles. The van der Waals surface area contributed by atoms with Crippen molar-refractivity contribution in [2.45, 2.75) is 64.8 Å². The Morgan fingerprint density at radius 3 is 2.60 bits per heavy atom. The molecule has 0 aromatic rings. The van der Waals surface area contributed by atoms with E-state index in [1.807, 2.05) is 6.92 Å². The van der Waals surface area contributed by atoms with E-state index in [1.54, 1.807) is 4.90 Å². The summed E-state index contributed by atoms with van der Waals surface area (Å²) in [6.07, 6.45) is 6.73. The van der Waals surface area contributed by atoms with Gasteiger partial charge in [-0.05, 0) is 38.0 Å². The molecule has 2 fully saturated rings. The topological polar surface area (TPSA) is 49.4 Å². The fourth-order valence-electron chi connectivity index (χ4n) is 3.27. The van der Waals surface area contributed by atoms with Crippen molar-refractivity contribution in [1.29, 1.82) is 0 Å². The molecule has 2 aliphatic rings. The van der Waals surface area contributed by atoms with Gasteiger partial charge in [-0.3, -0.25) is 9.59 Å². The lowest BCUT2D eigenvalue weighted by atomic mass is 9.90. The summed E-state index contributed by atoms with van der Waals surface area (Å²) in [6, 6.07) is 0. The number of unbranched alkanes of at least 4 members (excludes halogenated alkanes) is 1. The van der Waals surface area contributed by atoms with Crippen LogP contribution in [0, 0.1) is 11.8 Å². The van der Waals surface area contributed by atoms with Crippen LogP contribution >= 0.6 is 0 Å². The van der Waals surface area contributed by atoms with Crippen LogP contribution in [0.2, 0.25) is 0 Å². The van der Waals surface area contributed by atoms with Crippen molar-refractivity contribution < 1.29 is 9.59 Å². The Labute approximate surface area is 122 Å². The summed E-state index contributed by atoms with van der Waals surface area (Å²) in [5.41, 5.74) is -0.640. The molecule has 0 aromatic heterocycles. The average molecular weight is 280 g/mol. The smallest absolute Gasteiger partial charge is 0.248 e. The highest BCUT2D eigenvalue weighted by atomic mass is 16.2. The van der Waals surface area contributed by atoms with Crippen molar-refractivity contribution in [2.75, 3.05) is 13.1 Å². The predicted octanol–water partition coefficient (Wildman–Crippen LogP) is 2.33. The number of nitrogens with one attached hydrogen (secondary N) is 1. The van der Waals surface area contributed by atoms with Crippen LogP contribution in [0.3, 0.4) is 0 Å². The quantitative estimate of drug-likeness (QED) is 0.778. The molecule has 0 radical (unpaired) electrons. The van der Waals surface area contributed by atoms with Crippen LogP contribution in [0.5, 0.6) is 0 Å². The highest BCUT2D eigenvalue weighted by Crippen LogP contribution is 2.41. The minimum Gasteiger partial charge on any atom is -0.340 e. The minimum absolute atomic E-state index is 0.00402. The molecule has 1 N–H and O–H groups in total. The van der Waals surface area contributed by atoms with E-state index in [9.17, 15) is 9.59 Å². The van der Waals surface area contributed by atoms with Crippen LogP contribution < -0.4 is 5.32 Å². The summed E-state index contributed by atoms with van der Waals surface area (Å²) in [5, 5.41) is 2.94. The normalized spacial score (nSPS) is 28.4. The number of carbonyl (C=O) groups excluding carboxylic acids is 2. The van der Waals surface area contributed by atoms with Crippen LogP contribution in [0.4, 0.5) is 0 Å². The first-order valence-electron chi connectivity index (χ1n) is 8.11. The Morgan fingerprint density at radius 2 is 2.05 bits per heavy atom. The molecule has 4 nitrogen and oxygen atoms in total. The average Bonchev–Trinajstić information content (AvgIpc) is 3.24. The van der Waals surface area contributed by atoms with Gasteiger partial charge >= 0.3 is 0 Å². The summed E-state index contributed by atoms with van der Waals surface area (Å²) < 4.78 is 0. The van der Waals surface area contributed by atoms with E-state index in [2.05, 4.69) is 19.2 Å². The van der Waals surface area contributed by atoms with Crippen molar-refractivity contribution >= 4 is 11.8 Å². The van der Waals surface area contributed by atoms with Crippen LogP contribution in [-0.4, -0.2) is 35.3 Å². The molecule has 0 aromatic carbocycles. The maximum absolute atomic E-state index is 12.7. The maximum Gasteiger partial charge on any atom is 0.248 e. The number of hydrogen-bond donors (Lipinski definition) is 1. The van der Waals surface area contributed by atoms with Gasteiger partial charge in [0.15, 0.2) is 0 Å². The second-order valence-electron chi connectivity index (χ2n) is 6.63. The SMILES string of the molecule is CCCCC(CC)CN1CC(=O)NC(C)(C2CC2)C1=O. The first-order valence-corrected chi connectivity index (χ1v) is 8.11. The third kappa shape index (κ3) is 3.15. The number of hydrogen-bond acceptors (Lipinski definition) is 2. The summed E-state index contributed by atoms with van der Waals surface area (Å²) in [5.74, 6) is 1.00. The third-order valence-electron chi connectivity index (χ3n) is 4.88. The van der Waals surface area contributed by atoms with Gasteiger partial charge < -0.3 is 10.2 Å². The summed E-state index contributed by atoms with van der Waals surface area (Å²) in [7, 11) is 0. The van der Waals surface area contributed by atoms with Gasteiger partial charge in [0.25, 0.3) is 0 Å². The lowest BCUT2D eigenvalue weighted by Crippen LogP contribution is -2.66. The lowest BCUT2D eigenvalue weighted by molar-refractivity contribution is -0.150. The number of piperazine rings is 1. The fourth-order valence-corrected chi connectivity index (χ4v) is 3.27. The van der Waals surface area contributed by atoms with Crippen molar-refractivity contribution in [3.8, 4) is 0 Å². The first kappa shape index (κ1) is 15.3. The molecule has 1 saturated carbocycles. The van der Waals surface area contributed by atoms with E-state index in [1.165, 1.54) is 12.8 Å². The molecule has 2 rings (SSSR count). The van der Waals surface area contributed by atoms with Crippen molar-refractivity contribution in [3.05, 3.63) is 0 Å². The zero-order valence-corrected chi connectivity index (χ0v) is 13.1. The molecule has 114 valence electrons. The van der Waals surface area contributed by atoms with Gasteiger partial charge in [-0.1, -0.05) is 33.1 Å². The second-order valence-corrected chi connectivity index (χ2v) is 6.63. The number of carbonyl (C=O) groups is 2. The third-order valence-corrected chi connectivity index (χ3v) is 4.88. The maximum atomic E-state index is 12.7. The molecule has 20 heavy (non-hydrogen) atoms. The Hall–Kier alpha value is -1.06. The van der Waals surface area contributed by atoms with Crippen LogP contribution in [-0.2, 0) is 9.59 Å². The second kappa shape index (κ2) is 6.15. The lowest BCUT2D eigenvalue weighted by Gasteiger charge is -2.41. The van der Waals surface area contributed by atoms with Gasteiger partial charge in [0.1, 0.15) is 5.54 Å². The summed E-state index contributed by atoms with van der Waals surface area (Å²) in [4.78, 5) is 26.5. The van der Waals surface area contributed by atoms with E-state index < -0.39 is 5.54 Å². The highest BCUT2D eigenvalue weighted by Gasteiger charge is 2.52. The molecule has 0 spiro atoms. The largest absolute Gasteiger partial charge is 0.340 e. The van der Waals surface area contributed by atoms with Gasteiger partial charge in [-0.25, -0.2) is 0 Å². The molecular weight excluding hydrogens is 252 g/mol. The summed E-state index contributed by atoms with van der Waals surface area (Å²) >= 11 is 0. The van der Waals surface area contributed by atoms with E-state index in [-0.39, 0.29) is 18.4 Å². The Kier molecular flexibility index (Phi) is 4.71. The standard InChI is InChI=1S/C16H28N2O2/c1-4-6-7-12(5-2)10-18-11-14(19)17-16(3,15(18)20)13-8-9-13/h12-13H,4-11H2,1-3H3,(H,17,19). The molecule has 1 heterocycles. The van der Waals surface area contributed by atoms with Crippen molar-refractivity contribution in [1.82, 2.24) is 10.2 Å². The monoisotopic (exact) mass is 280 g/mol. The van der Waals surface area contributed by atoms with Gasteiger partial charge in [-0.2, -0.15) is 0 Å². The van der Waals surface area contributed by atoms with Crippen LogP contribution in [0.25, 0.3) is 0 Å². The van der Waals surface area contributed by atoms with Crippen LogP contribution in [0.1, 0.15) is 59.3 Å². The zero-order valence-electron chi connectivity index (χ0n) is 13.1. The highest BCUT2D eigenvalue weighted by molar-refractivity contribution is 5.98.